The molecule has 2 aromatic carbocycles. The SMILES string of the molecule is O=C(NC1(c2ccccc2)CCCC1)[C@@H]1CCC[C@H]1c1cc(-c2ccccc2)on1. The van der Waals surface area contributed by atoms with Crippen molar-refractivity contribution in [3.63, 3.8) is 0 Å². The summed E-state index contributed by atoms with van der Waals surface area (Å²) in [6.07, 6.45) is 7.30. The number of carbonyl (C=O) groups excluding carboxylic acids is 1. The predicted molar refractivity (Wildman–Crippen MR) is 117 cm³/mol. The van der Waals surface area contributed by atoms with Crippen molar-refractivity contribution in [3.05, 3.63) is 78.0 Å². The summed E-state index contributed by atoms with van der Waals surface area (Å²) in [6, 6.07) is 22.5. The molecule has 2 atom stereocenters. The number of amides is 1. The average Bonchev–Trinajstić information content (AvgIpc) is 3.55. The Morgan fingerprint density at radius 2 is 1.63 bits per heavy atom. The van der Waals surface area contributed by atoms with Crippen LogP contribution in [-0.2, 0) is 10.3 Å². The molecule has 0 spiro atoms. The third-order valence-corrected chi connectivity index (χ3v) is 6.97. The Kier molecular flexibility index (Phi) is 5.16. The second kappa shape index (κ2) is 8.10. The number of nitrogens with one attached hydrogen (secondary N) is 1. The van der Waals surface area contributed by atoms with Crippen LogP contribution in [-0.4, -0.2) is 11.1 Å². The first-order valence-electron chi connectivity index (χ1n) is 11.1. The molecular formula is C26H28N2O2. The number of carbonyl (C=O) groups is 1. The molecule has 0 saturated heterocycles. The first-order valence-corrected chi connectivity index (χ1v) is 11.1. The van der Waals surface area contributed by atoms with E-state index in [1.54, 1.807) is 0 Å². The molecule has 0 bridgehead atoms. The average molecular weight is 401 g/mol. The maximum atomic E-state index is 13.5. The van der Waals surface area contributed by atoms with E-state index < -0.39 is 0 Å². The monoisotopic (exact) mass is 400 g/mol. The van der Waals surface area contributed by atoms with Gasteiger partial charge in [0.15, 0.2) is 5.76 Å². The summed E-state index contributed by atoms with van der Waals surface area (Å²) < 4.78 is 5.63. The van der Waals surface area contributed by atoms with E-state index in [0.717, 1.165) is 62.0 Å². The second-order valence-corrected chi connectivity index (χ2v) is 8.77. The topological polar surface area (TPSA) is 55.1 Å². The van der Waals surface area contributed by atoms with E-state index in [1.807, 2.05) is 42.5 Å². The van der Waals surface area contributed by atoms with E-state index >= 15 is 0 Å². The van der Waals surface area contributed by atoms with Gasteiger partial charge >= 0.3 is 0 Å². The maximum Gasteiger partial charge on any atom is 0.224 e. The summed E-state index contributed by atoms with van der Waals surface area (Å²) in [5, 5.41) is 7.85. The van der Waals surface area contributed by atoms with Crippen LogP contribution in [0.1, 0.15) is 62.1 Å². The van der Waals surface area contributed by atoms with Crippen LogP contribution in [0.15, 0.2) is 71.3 Å². The quantitative estimate of drug-likeness (QED) is 0.588. The smallest absolute Gasteiger partial charge is 0.224 e. The number of rotatable bonds is 5. The lowest BCUT2D eigenvalue weighted by molar-refractivity contribution is -0.127. The molecule has 0 aliphatic heterocycles. The van der Waals surface area contributed by atoms with Crippen molar-refractivity contribution in [1.82, 2.24) is 10.5 Å². The lowest BCUT2D eigenvalue weighted by atomic mass is 9.85. The third-order valence-electron chi connectivity index (χ3n) is 6.97. The zero-order valence-corrected chi connectivity index (χ0v) is 17.2. The molecule has 2 aliphatic carbocycles. The normalized spacial score (nSPS) is 22.8. The molecule has 30 heavy (non-hydrogen) atoms. The van der Waals surface area contributed by atoms with Crippen molar-refractivity contribution in [2.24, 2.45) is 5.92 Å². The van der Waals surface area contributed by atoms with E-state index in [2.05, 4.69) is 34.7 Å². The Bertz CT molecular complexity index is 990. The summed E-state index contributed by atoms with van der Waals surface area (Å²) in [7, 11) is 0. The molecule has 2 saturated carbocycles. The Balaban J connectivity index is 1.36. The van der Waals surface area contributed by atoms with Gasteiger partial charge in [-0.25, -0.2) is 0 Å². The fourth-order valence-corrected chi connectivity index (χ4v) is 5.38. The molecule has 1 aromatic heterocycles. The van der Waals surface area contributed by atoms with Crippen LogP contribution in [0.2, 0.25) is 0 Å². The van der Waals surface area contributed by atoms with Crippen LogP contribution < -0.4 is 5.32 Å². The largest absolute Gasteiger partial charge is 0.356 e. The first-order chi connectivity index (χ1) is 14.8. The maximum absolute atomic E-state index is 13.5. The molecule has 1 N–H and O–H groups in total. The van der Waals surface area contributed by atoms with Gasteiger partial charge in [-0.15, -0.1) is 0 Å². The molecule has 4 heteroatoms. The molecule has 1 amide bonds. The van der Waals surface area contributed by atoms with Gasteiger partial charge in [0.2, 0.25) is 5.91 Å². The van der Waals surface area contributed by atoms with Crippen molar-refractivity contribution >= 4 is 5.91 Å². The highest BCUT2D eigenvalue weighted by atomic mass is 16.5. The summed E-state index contributed by atoms with van der Waals surface area (Å²) in [5.74, 6) is 1.03. The van der Waals surface area contributed by atoms with Gasteiger partial charge in [0.25, 0.3) is 0 Å². The minimum absolute atomic E-state index is 0.0417. The van der Waals surface area contributed by atoms with Crippen LogP contribution in [0.25, 0.3) is 11.3 Å². The van der Waals surface area contributed by atoms with Gasteiger partial charge in [0, 0.05) is 23.5 Å². The number of aromatic nitrogens is 1. The third kappa shape index (κ3) is 3.55. The van der Waals surface area contributed by atoms with E-state index in [4.69, 9.17) is 4.52 Å². The van der Waals surface area contributed by atoms with Crippen molar-refractivity contribution in [2.75, 3.05) is 0 Å². The molecule has 5 rings (SSSR count). The zero-order chi connectivity index (χ0) is 20.4. The summed E-state index contributed by atoms with van der Waals surface area (Å²) in [6.45, 7) is 0. The first kappa shape index (κ1) is 19.1. The number of benzene rings is 2. The lowest BCUT2D eigenvalue weighted by Gasteiger charge is -2.33. The van der Waals surface area contributed by atoms with E-state index in [0.29, 0.717) is 0 Å². The predicted octanol–water partition coefficient (Wildman–Crippen LogP) is 5.81. The van der Waals surface area contributed by atoms with Gasteiger partial charge in [-0.3, -0.25) is 4.79 Å². The van der Waals surface area contributed by atoms with E-state index in [1.165, 1.54) is 5.56 Å². The molecular weight excluding hydrogens is 372 g/mol. The van der Waals surface area contributed by atoms with Crippen LogP contribution in [0.5, 0.6) is 0 Å². The highest BCUT2D eigenvalue weighted by Gasteiger charge is 2.42. The molecule has 0 radical (unpaired) electrons. The minimum Gasteiger partial charge on any atom is -0.356 e. The Morgan fingerprint density at radius 3 is 2.37 bits per heavy atom. The van der Waals surface area contributed by atoms with E-state index in [9.17, 15) is 4.79 Å². The van der Waals surface area contributed by atoms with Gasteiger partial charge in [-0.05, 0) is 31.2 Å². The number of hydrogen-bond donors (Lipinski definition) is 1. The number of nitrogens with zero attached hydrogens (tertiary/aromatic N) is 1. The van der Waals surface area contributed by atoms with Gasteiger partial charge in [0.1, 0.15) is 0 Å². The second-order valence-electron chi connectivity index (χ2n) is 8.77. The number of hydrogen-bond acceptors (Lipinski definition) is 3. The zero-order valence-electron chi connectivity index (χ0n) is 17.2. The van der Waals surface area contributed by atoms with Crippen molar-refractivity contribution in [3.8, 4) is 11.3 Å². The summed E-state index contributed by atoms with van der Waals surface area (Å²) in [4.78, 5) is 13.5. The van der Waals surface area contributed by atoms with Crippen LogP contribution in [0.4, 0.5) is 0 Å². The van der Waals surface area contributed by atoms with Crippen LogP contribution in [0.3, 0.4) is 0 Å². The van der Waals surface area contributed by atoms with Crippen molar-refractivity contribution < 1.29 is 9.32 Å². The van der Waals surface area contributed by atoms with Crippen molar-refractivity contribution in [1.29, 1.82) is 0 Å². The highest BCUT2D eigenvalue weighted by molar-refractivity contribution is 5.81. The van der Waals surface area contributed by atoms with Gasteiger partial charge in [0.05, 0.1) is 11.2 Å². The molecule has 1 heterocycles. The summed E-state index contributed by atoms with van der Waals surface area (Å²) >= 11 is 0. The van der Waals surface area contributed by atoms with Crippen LogP contribution >= 0.6 is 0 Å². The Morgan fingerprint density at radius 1 is 0.933 bits per heavy atom. The van der Waals surface area contributed by atoms with E-state index in [-0.39, 0.29) is 23.3 Å². The molecule has 3 aromatic rings. The molecule has 2 aliphatic rings. The standard InChI is InChI=1S/C26H28N2O2/c29-25(27-26(16-7-8-17-26)20-12-5-2-6-13-20)22-15-9-14-21(22)23-18-24(30-28-23)19-10-3-1-4-11-19/h1-6,10-13,18,21-22H,7-9,14-17H2,(H,27,29)/t21-,22-/m1/s1. The van der Waals surface area contributed by atoms with Crippen LogP contribution in [0, 0.1) is 5.92 Å². The lowest BCUT2D eigenvalue weighted by Crippen LogP contribution is -2.46. The summed E-state index contributed by atoms with van der Waals surface area (Å²) in [5.41, 5.74) is 2.94. The van der Waals surface area contributed by atoms with Crippen molar-refractivity contribution in [2.45, 2.75) is 56.4 Å². The highest BCUT2D eigenvalue weighted by Crippen LogP contribution is 2.43. The Hall–Kier alpha value is -2.88. The van der Waals surface area contributed by atoms with Gasteiger partial charge < -0.3 is 9.84 Å². The molecule has 0 unspecified atom stereocenters. The molecule has 4 nitrogen and oxygen atoms in total. The van der Waals surface area contributed by atoms with Gasteiger partial charge in [-0.1, -0.05) is 85.1 Å². The fraction of sp³-hybridized carbons (Fsp3) is 0.385. The minimum atomic E-state index is -0.218. The molecule has 2 fully saturated rings. The molecule has 154 valence electrons. The fourth-order valence-electron chi connectivity index (χ4n) is 5.38. The van der Waals surface area contributed by atoms with Gasteiger partial charge in [-0.2, -0.15) is 0 Å². The Labute approximate surface area is 177 Å².